The lowest BCUT2D eigenvalue weighted by atomic mass is 9.87. The number of morpholine rings is 1. The molecule has 0 aromatic heterocycles. The van der Waals surface area contributed by atoms with E-state index in [0.717, 1.165) is 56.4 Å². The molecule has 1 aromatic carbocycles. The number of halogens is 1. The summed E-state index contributed by atoms with van der Waals surface area (Å²) >= 11 is 6.07. The molecule has 0 bridgehead atoms. The fraction of sp³-hybridized carbons (Fsp3) is 0.619. The van der Waals surface area contributed by atoms with Crippen molar-refractivity contribution in [2.45, 2.75) is 57.2 Å². The number of piperidine rings is 1. The van der Waals surface area contributed by atoms with Crippen LogP contribution in [-0.2, 0) is 11.2 Å². The number of amidine groups is 2. The number of ether oxygens (including phenoxy) is 1. The molecule has 7 heteroatoms. The Balaban J connectivity index is 1.43. The Hall–Kier alpha value is -1.63. The van der Waals surface area contributed by atoms with Crippen LogP contribution in [0.5, 0.6) is 0 Å². The number of nitrogens with zero attached hydrogens (tertiary/aromatic N) is 4. The first-order chi connectivity index (χ1) is 13.4. The smallest absolute Gasteiger partial charge is 0.135 e. The van der Waals surface area contributed by atoms with Crippen molar-refractivity contribution in [1.29, 1.82) is 0 Å². The molecular weight excluding hydrogens is 374 g/mol. The van der Waals surface area contributed by atoms with Gasteiger partial charge in [0.05, 0.1) is 18.6 Å². The minimum atomic E-state index is -0.174. The van der Waals surface area contributed by atoms with Gasteiger partial charge >= 0.3 is 0 Å². The molecule has 0 aliphatic carbocycles. The lowest BCUT2D eigenvalue weighted by Crippen LogP contribution is -2.62. The van der Waals surface area contributed by atoms with Crippen molar-refractivity contribution in [2.75, 3.05) is 26.2 Å². The van der Waals surface area contributed by atoms with Gasteiger partial charge in [0.1, 0.15) is 11.7 Å². The van der Waals surface area contributed by atoms with Crippen LogP contribution >= 0.6 is 11.6 Å². The monoisotopic (exact) mass is 403 g/mol. The first kappa shape index (κ1) is 19.7. The quantitative estimate of drug-likeness (QED) is 0.842. The number of hydrogen-bond acceptors (Lipinski definition) is 6. The van der Waals surface area contributed by atoms with Gasteiger partial charge in [-0.05, 0) is 50.8 Å². The summed E-state index contributed by atoms with van der Waals surface area (Å²) in [5.41, 5.74) is 6.92. The van der Waals surface area contributed by atoms with Gasteiger partial charge < -0.3 is 15.4 Å². The van der Waals surface area contributed by atoms with Crippen LogP contribution in [-0.4, -0.2) is 65.4 Å². The predicted octanol–water partition coefficient (Wildman–Crippen LogP) is 2.90. The first-order valence-corrected chi connectivity index (χ1v) is 10.6. The van der Waals surface area contributed by atoms with E-state index in [1.54, 1.807) is 0 Å². The average Bonchev–Trinajstić information content (AvgIpc) is 3.11. The summed E-state index contributed by atoms with van der Waals surface area (Å²) in [4.78, 5) is 5.04. The zero-order valence-corrected chi connectivity index (χ0v) is 17.5. The fourth-order valence-corrected chi connectivity index (χ4v) is 4.82. The van der Waals surface area contributed by atoms with E-state index in [0.29, 0.717) is 24.3 Å². The Labute approximate surface area is 172 Å². The molecule has 28 heavy (non-hydrogen) atoms. The minimum absolute atomic E-state index is 0.174. The molecule has 3 aliphatic heterocycles. The fourth-order valence-electron chi connectivity index (χ4n) is 4.69. The molecule has 4 rings (SSSR count). The summed E-state index contributed by atoms with van der Waals surface area (Å²) in [6.07, 6.45) is 3.92. The first-order valence-electron chi connectivity index (χ1n) is 10.2. The van der Waals surface area contributed by atoms with Gasteiger partial charge in [0, 0.05) is 36.7 Å². The number of likely N-dealkylation sites (tertiary alicyclic amines) is 1. The van der Waals surface area contributed by atoms with Gasteiger partial charge in [0.15, 0.2) is 0 Å². The van der Waals surface area contributed by atoms with E-state index in [1.165, 1.54) is 5.56 Å². The molecule has 0 amide bonds. The number of hydrogen-bond donors (Lipinski definition) is 1. The van der Waals surface area contributed by atoms with E-state index in [4.69, 9.17) is 22.1 Å². The molecule has 3 aliphatic rings. The largest absolute Gasteiger partial charge is 0.385 e. The van der Waals surface area contributed by atoms with Gasteiger partial charge in [-0.2, -0.15) is 0 Å². The number of nitrogens with two attached hydrogens (primary N) is 1. The second-order valence-corrected chi connectivity index (χ2v) is 8.98. The van der Waals surface area contributed by atoms with Gasteiger partial charge in [-0.1, -0.05) is 23.7 Å². The van der Waals surface area contributed by atoms with Crippen LogP contribution in [0, 0.1) is 0 Å². The molecule has 2 fully saturated rings. The SMILES string of the molecule is CC1(C)OCCN(C2CCN(C3=NN=C(N)C3)CC2)C1Cc1ccc(Cl)cc1. The van der Waals surface area contributed by atoms with Crippen LogP contribution in [0.1, 0.15) is 38.7 Å². The maximum absolute atomic E-state index is 6.18. The molecule has 2 saturated heterocycles. The van der Waals surface area contributed by atoms with E-state index in [-0.39, 0.29) is 5.60 Å². The average molecular weight is 404 g/mol. The van der Waals surface area contributed by atoms with E-state index >= 15 is 0 Å². The van der Waals surface area contributed by atoms with Gasteiger partial charge in [-0.25, -0.2) is 0 Å². The molecule has 3 heterocycles. The van der Waals surface area contributed by atoms with Crippen LogP contribution in [0.3, 0.4) is 0 Å². The highest BCUT2D eigenvalue weighted by Crippen LogP contribution is 2.32. The lowest BCUT2D eigenvalue weighted by Gasteiger charge is -2.51. The lowest BCUT2D eigenvalue weighted by molar-refractivity contribution is -0.142. The highest BCUT2D eigenvalue weighted by molar-refractivity contribution is 6.30. The van der Waals surface area contributed by atoms with Crippen molar-refractivity contribution in [3.8, 4) is 0 Å². The van der Waals surface area contributed by atoms with E-state index < -0.39 is 0 Å². The van der Waals surface area contributed by atoms with Gasteiger partial charge in [0.2, 0.25) is 0 Å². The third kappa shape index (κ3) is 4.19. The molecule has 2 N–H and O–H groups in total. The van der Waals surface area contributed by atoms with Crippen molar-refractivity contribution in [1.82, 2.24) is 9.80 Å². The molecule has 0 radical (unpaired) electrons. The molecule has 0 saturated carbocycles. The maximum Gasteiger partial charge on any atom is 0.135 e. The van der Waals surface area contributed by atoms with Crippen LogP contribution in [0.2, 0.25) is 5.02 Å². The Bertz CT molecular complexity index is 753. The second-order valence-electron chi connectivity index (χ2n) is 8.54. The second kappa shape index (κ2) is 8.01. The molecular formula is C21H30ClN5O. The van der Waals surface area contributed by atoms with Gasteiger partial charge in [0.25, 0.3) is 0 Å². The van der Waals surface area contributed by atoms with Crippen LogP contribution in [0.15, 0.2) is 34.5 Å². The van der Waals surface area contributed by atoms with Crippen molar-refractivity contribution >= 4 is 23.3 Å². The van der Waals surface area contributed by atoms with Crippen LogP contribution in [0.4, 0.5) is 0 Å². The zero-order chi connectivity index (χ0) is 19.7. The van der Waals surface area contributed by atoms with E-state index in [1.807, 2.05) is 12.1 Å². The van der Waals surface area contributed by atoms with Crippen LogP contribution < -0.4 is 5.73 Å². The summed E-state index contributed by atoms with van der Waals surface area (Å²) in [6, 6.07) is 9.14. The van der Waals surface area contributed by atoms with Crippen molar-refractivity contribution < 1.29 is 4.74 Å². The third-order valence-corrected chi connectivity index (χ3v) is 6.55. The van der Waals surface area contributed by atoms with Crippen molar-refractivity contribution in [3.63, 3.8) is 0 Å². The Morgan fingerprint density at radius 2 is 1.86 bits per heavy atom. The maximum atomic E-state index is 6.18. The third-order valence-electron chi connectivity index (χ3n) is 6.30. The summed E-state index contributed by atoms with van der Waals surface area (Å²) in [5.74, 6) is 1.64. The molecule has 152 valence electrons. The Morgan fingerprint density at radius 1 is 1.14 bits per heavy atom. The Morgan fingerprint density at radius 3 is 2.50 bits per heavy atom. The number of benzene rings is 1. The minimum Gasteiger partial charge on any atom is -0.385 e. The number of rotatable bonds is 3. The summed E-state index contributed by atoms with van der Waals surface area (Å²) in [6.45, 7) is 8.25. The normalized spacial score (nSPS) is 26.2. The van der Waals surface area contributed by atoms with E-state index in [2.05, 4.69) is 46.0 Å². The summed E-state index contributed by atoms with van der Waals surface area (Å²) in [7, 11) is 0. The summed E-state index contributed by atoms with van der Waals surface area (Å²) in [5, 5.41) is 9.01. The van der Waals surface area contributed by atoms with Gasteiger partial charge in [-0.15, -0.1) is 10.2 Å². The topological polar surface area (TPSA) is 66.5 Å². The summed E-state index contributed by atoms with van der Waals surface area (Å²) < 4.78 is 6.18. The van der Waals surface area contributed by atoms with E-state index in [9.17, 15) is 0 Å². The molecule has 6 nitrogen and oxygen atoms in total. The molecule has 0 spiro atoms. The predicted molar refractivity (Wildman–Crippen MR) is 114 cm³/mol. The van der Waals surface area contributed by atoms with Crippen LogP contribution in [0.25, 0.3) is 0 Å². The van der Waals surface area contributed by atoms with Crippen molar-refractivity contribution in [3.05, 3.63) is 34.9 Å². The Kier molecular flexibility index (Phi) is 5.63. The highest BCUT2D eigenvalue weighted by Gasteiger charge is 2.42. The highest BCUT2D eigenvalue weighted by atomic mass is 35.5. The van der Waals surface area contributed by atoms with Crippen molar-refractivity contribution in [2.24, 2.45) is 15.9 Å². The molecule has 1 aromatic rings. The zero-order valence-electron chi connectivity index (χ0n) is 16.8. The standard InChI is InChI=1S/C21H30ClN5O/c1-21(2)18(13-15-3-5-16(22)6-4-15)27(11-12-28-21)17-7-9-26(10-8-17)20-14-19(23)24-25-20/h3-6,17-18H,7-14H2,1-2H3,(H2,23,24). The molecule has 1 unspecified atom stereocenters. The van der Waals surface area contributed by atoms with Gasteiger partial charge in [-0.3, -0.25) is 4.90 Å². The molecule has 1 atom stereocenters.